The average Bonchev–Trinajstić information content (AvgIpc) is 3.47. The minimum Gasteiger partial charge on any atom is -0.451 e. The highest BCUT2D eigenvalue weighted by molar-refractivity contribution is 6.76. The Hall–Kier alpha value is -3.74. The van der Waals surface area contributed by atoms with Crippen molar-refractivity contribution in [1.29, 1.82) is 0 Å². The van der Waals surface area contributed by atoms with Crippen molar-refractivity contribution in [1.82, 2.24) is 29.3 Å². The van der Waals surface area contributed by atoms with Crippen LogP contribution in [0, 0.1) is 18.6 Å². The van der Waals surface area contributed by atoms with Crippen LogP contribution >= 0.6 is 0 Å². The lowest BCUT2D eigenvalue weighted by atomic mass is 10.2. The molecule has 0 bridgehead atoms. The van der Waals surface area contributed by atoms with E-state index >= 15 is 8.78 Å². The van der Waals surface area contributed by atoms with Gasteiger partial charge in [-0.2, -0.15) is 5.10 Å². The molecular formula is C27H30F2N6O3Si. The fourth-order valence-corrected chi connectivity index (χ4v) is 4.89. The predicted molar refractivity (Wildman–Crippen MR) is 146 cm³/mol. The van der Waals surface area contributed by atoms with Crippen LogP contribution in [0.15, 0.2) is 42.9 Å². The SMILES string of the molecule is Cc1nc2cc(F)c(Oc3ccc4ncc(-c5cnn(CCO)c5)nc4c3)c(F)c2n1COCC[Si](C)(C)C. The lowest BCUT2D eigenvalue weighted by Crippen LogP contribution is -2.22. The van der Waals surface area contributed by atoms with Crippen LogP contribution < -0.4 is 4.74 Å². The predicted octanol–water partition coefficient (Wildman–Crippen LogP) is 5.53. The molecule has 0 atom stereocenters. The summed E-state index contributed by atoms with van der Waals surface area (Å²) in [5.74, 6) is -1.52. The maximum atomic E-state index is 15.7. The van der Waals surface area contributed by atoms with Crippen LogP contribution in [-0.2, 0) is 18.0 Å². The zero-order chi connectivity index (χ0) is 27.7. The molecule has 3 heterocycles. The summed E-state index contributed by atoms with van der Waals surface area (Å²) in [5, 5.41) is 13.3. The number of aliphatic hydroxyl groups excluding tert-OH is 1. The molecule has 0 aliphatic heterocycles. The fraction of sp³-hybridized carbons (Fsp3) is 0.333. The summed E-state index contributed by atoms with van der Waals surface area (Å²) in [7, 11) is -1.28. The molecule has 0 spiro atoms. The van der Waals surface area contributed by atoms with E-state index in [0.717, 1.165) is 11.6 Å². The number of rotatable bonds is 10. The molecular weight excluding hydrogens is 522 g/mol. The van der Waals surface area contributed by atoms with Crippen LogP contribution in [0.2, 0.25) is 25.7 Å². The Morgan fingerprint density at radius 3 is 2.62 bits per heavy atom. The first-order valence-electron chi connectivity index (χ1n) is 12.6. The van der Waals surface area contributed by atoms with Gasteiger partial charge in [-0.05, 0) is 25.1 Å². The van der Waals surface area contributed by atoms with Crippen molar-refractivity contribution in [3.8, 4) is 22.8 Å². The van der Waals surface area contributed by atoms with E-state index in [4.69, 9.17) is 14.6 Å². The molecule has 0 saturated heterocycles. The summed E-state index contributed by atoms with van der Waals surface area (Å²) in [4.78, 5) is 13.4. The van der Waals surface area contributed by atoms with Gasteiger partial charge in [0.2, 0.25) is 5.75 Å². The minimum absolute atomic E-state index is 0.0316. The Bertz CT molecular complexity index is 1650. The van der Waals surface area contributed by atoms with Gasteiger partial charge in [-0.3, -0.25) is 9.67 Å². The molecule has 5 aromatic rings. The molecule has 0 amide bonds. The Kier molecular flexibility index (Phi) is 7.43. The second-order valence-corrected chi connectivity index (χ2v) is 16.1. The zero-order valence-electron chi connectivity index (χ0n) is 22.3. The summed E-state index contributed by atoms with van der Waals surface area (Å²) in [6.07, 6.45) is 5.00. The van der Waals surface area contributed by atoms with Gasteiger partial charge >= 0.3 is 0 Å². The highest BCUT2D eigenvalue weighted by atomic mass is 28.3. The number of aromatic nitrogens is 6. The van der Waals surface area contributed by atoms with Gasteiger partial charge in [0.15, 0.2) is 11.6 Å². The third kappa shape index (κ3) is 5.82. The summed E-state index contributed by atoms with van der Waals surface area (Å²) < 4.78 is 45.5. The first kappa shape index (κ1) is 26.8. The number of benzene rings is 2. The van der Waals surface area contributed by atoms with Crippen LogP contribution in [0.3, 0.4) is 0 Å². The number of hydrogen-bond acceptors (Lipinski definition) is 7. The number of halogens is 2. The smallest absolute Gasteiger partial charge is 0.200 e. The van der Waals surface area contributed by atoms with Gasteiger partial charge in [-0.25, -0.2) is 18.7 Å². The summed E-state index contributed by atoms with van der Waals surface area (Å²) in [5.41, 5.74) is 2.69. The topological polar surface area (TPSA) is 100 Å². The minimum atomic E-state index is -1.28. The molecule has 39 heavy (non-hydrogen) atoms. The number of aliphatic hydroxyl groups is 1. The standard InChI is InChI=1S/C27H30F2N6O3Si/c1-17-32-23-12-20(28)27(25(29)26(23)35(17)16-37-9-10-39(2,3)4)38-19-5-6-21-22(11-19)33-24(14-30-21)18-13-31-34(15-18)7-8-36/h5-6,11-15,36H,7-10,16H2,1-4H3. The maximum absolute atomic E-state index is 15.7. The van der Waals surface area contributed by atoms with Crippen LogP contribution in [0.1, 0.15) is 5.82 Å². The third-order valence-corrected chi connectivity index (χ3v) is 7.99. The molecule has 2 aromatic carbocycles. The molecule has 9 nitrogen and oxygen atoms in total. The van der Waals surface area contributed by atoms with Gasteiger partial charge < -0.3 is 19.1 Å². The molecule has 0 unspecified atom stereocenters. The molecule has 3 aromatic heterocycles. The average molecular weight is 553 g/mol. The van der Waals surface area contributed by atoms with E-state index in [0.29, 0.717) is 35.7 Å². The van der Waals surface area contributed by atoms with Gasteiger partial charge in [-0.1, -0.05) is 19.6 Å². The van der Waals surface area contributed by atoms with E-state index in [1.165, 1.54) is 6.07 Å². The second kappa shape index (κ2) is 10.8. The lowest BCUT2D eigenvalue weighted by molar-refractivity contribution is 0.0881. The molecule has 0 fully saturated rings. The first-order valence-corrected chi connectivity index (χ1v) is 16.3. The first-order chi connectivity index (χ1) is 18.6. The van der Waals surface area contributed by atoms with Crippen LogP contribution in [-0.4, -0.2) is 55.7 Å². The number of fused-ring (bicyclic) bond motifs is 2. The Morgan fingerprint density at radius 2 is 1.85 bits per heavy atom. The van der Waals surface area contributed by atoms with Crippen molar-refractivity contribution in [2.24, 2.45) is 0 Å². The summed E-state index contributed by atoms with van der Waals surface area (Å²) in [6.45, 7) is 9.50. The number of nitrogens with zero attached hydrogens (tertiary/aromatic N) is 6. The van der Waals surface area contributed by atoms with Gasteiger partial charge in [0.25, 0.3) is 0 Å². The molecule has 1 N–H and O–H groups in total. The van der Waals surface area contributed by atoms with Crippen LogP contribution in [0.5, 0.6) is 11.5 Å². The number of aryl methyl sites for hydroxylation is 1. The maximum Gasteiger partial charge on any atom is 0.200 e. The summed E-state index contributed by atoms with van der Waals surface area (Å²) >= 11 is 0. The Morgan fingerprint density at radius 1 is 1.03 bits per heavy atom. The van der Waals surface area contributed by atoms with E-state index < -0.39 is 25.5 Å². The molecule has 0 aliphatic carbocycles. The zero-order valence-corrected chi connectivity index (χ0v) is 23.3. The van der Waals surface area contributed by atoms with Gasteiger partial charge in [-0.15, -0.1) is 0 Å². The quantitative estimate of drug-likeness (QED) is 0.180. The van der Waals surface area contributed by atoms with E-state index in [2.05, 4.69) is 39.7 Å². The van der Waals surface area contributed by atoms with Gasteiger partial charge in [0.05, 0.1) is 47.8 Å². The Balaban J connectivity index is 1.44. The van der Waals surface area contributed by atoms with E-state index in [1.807, 2.05) is 0 Å². The van der Waals surface area contributed by atoms with Crippen molar-refractivity contribution >= 4 is 30.1 Å². The molecule has 0 saturated carbocycles. The normalized spacial score (nSPS) is 12.1. The van der Waals surface area contributed by atoms with Crippen molar-refractivity contribution < 1.29 is 23.4 Å². The lowest BCUT2D eigenvalue weighted by Gasteiger charge is -2.16. The number of ether oxygens (including phenoxy) is 2. The van der Waals surface area contributed by atoms with Crippen molar-refractivity contribution in [3.63, 3.8) is 0 Å². The highest BCUT2D eigenvalue weighted by Crippen LogP contribution is 2.34. The van der Waals surface area contributed by atoms with Gasteiger partial charge in [0, 0.05) is 38.6 Å². The number of hydrogen-bond donors (Lipinski definition) is 1. The van der Waals surface area contributed by atoms with Crippen LogP contribution in [0.25, 0.3) is 33.3 Å². The number of imidazole rings is 1. The van der Waals surface area contributed by atoms with Crippen LogP contribution in [0.4, 0.5) is 8.78 Å². The second-order valence-electron chi connectivity index (χ2n) is 10.5. The van der Waals surface area contributed by atoms with E-state index in [1.54, 1.807) is 53.0 Å². The van der Waals surface area contributed by atoms with E-state index in [-0.39, 0.29) is 30.1 Å². The Labute approximate surface area is 225 Å². The third-order valence-electron chi connectivity index (χ3n) is 6.28. The molecule has 5 rings (SSSR count). The highest BCUT2D eigenvalue weighted by Gasteiger charge is 2.22. The largest absolute Gasteiger partial charge is 0.451 e. The van der Waals surface area contributed by atoms with E-state index in [9.17, 15) is 0 Å². The fourth-order valence-electron chi connectivity index (χ4n) is 4.14. The molecule has 0 radical (unpaired) electrons. The monoisotopic (exact) mass is 552 g/mol. The molecule has 204 valence electrons. The van der Waals surface area contributed by atoms with Crippen molar-refractivity contribution in [2.75, 3.05) is 13.2 Å². The van der Waals surface area contributed by atoms with Gasteiger partial charge in [0.1, 0.15) is 23.8 Å². The van der Waals surface area contributed by atoms with Crippen molar-refractivity contribution in [2.45, 2.75) is 45.9 Å². The molecule has 0 aliphatic rings. The molecule has 12 heteroatoms. The summed E-state index contributed by atoms with van der Waals surface area (Å²) in [6, 6.07) is 6.98. The van der Waals surface area contributed by atoms with Crippen molar-refractivity contribution in [3.05, 3.63) is 60.3 Å².